The number of nitrogens with two attached hydrogens (primary N) is 2. The lowest BCUT2D eigenvalue weighted by Crippen LogP contribution is -1.99. The van der Waals surface area contributed by atoms with Gasteiger partial charge in [0.2, 0.25) is 0 Å². The molecular formula is C12H9Cl2FN2O. The summed E-state index contributed by atoms with van der Waals surface area (Å²) < 4.78 is 19.2. The van der Waals surface area contributed by atoms with Crippen molar-refractivity contribution in [2.24, 2.45) is 0 Å². The Kier molecular flexibility index (Phi) is 3.50. The molecule has 2 rings (SSSR count). The molecule has 2 aromatic rings. The molecule has 0 unspecified atom stereocenters. The van der Waals surface area contributed by atoms with E-state index in [4.69, 9.17) is 39.4 Å². The van der Waals surface area contributed by atoms with Crippen LogP contribution < -0.4 is 16.2 Å². The molecule has 6 heteroatoms. The van der Waals surface area contributed by atoms with Gasteiger partial charge >= 0.3 is 0 Å². The molecule has 3 nitrogen and oxygen atoms in total. The van der Waals surface area contributed by atoms with E-state index >= 15 is 0 Å². The summed E-state index contributed by atoms with van der Waals surface area (Å²) in [4.78, 5) is 0. The molecule has 4 N–H and O–H groups in total. The van der Waals surface area contributed by atoms with Crippen LogP contribution in [0.4, 0.5) is 15.8 Å². The summed E-state index contributed by atoms with van der Waals surface area (Å²) in [5.41, 5.74) is 11.2. The maximum Gasteiger partial charge on any atom is 0.188 e. The summed E-state index contributed by atoms with van der Waals surface area (Å²) in [6.45, 7) is 0. The van der Waals surface area contributed by atoms with Gasteiger partial charge in [-0.15, -0.1) is 0 Å². The molecule has 0 saturated heterocycles. The van der Waals surface area contributed by atoms with Crippen LogP contribution in [0.25, 0.3) is 0 Å². The van der Waals surface area contributed by atoms with Crippen molar-refractivity contribution in [3.8, 4) is 11.5 Å². The molecule has 0 spiro atoms. The van der Waals surface area contributed by atoms with Crippen molar-refractivity contribution >= 4 is 34.6 Å². The molecule has 0 bridgehead atoms. The third kappa shape index (κ3) is 2.44. The van der Waals surface area contributed by atoms with Crippen LogP contribution in [-0.4, -0.2) is 0 Å². The SMILES string of the molecule is Nc1cc(N)c(Oc2cccc(Cl)c2)c(F)c1Cl. The third-order valence-electron chi connectivity index (χ3n) is 2.23. The Balaban J connectivity index is 2.44. The minimum absolute atomic E-state index is 0.0603. The fraction of sp³-hybridized carbons (Fsp3) is 0. The Labute approximate surface area is 113 Å². The molecule has 0 aliphatic heterocycles. The molecule has 0 aromatic heterocycles. The average molecular weight is 287 g/mol. The van der Waals surface area contributed by atoms with Crippen LogP contribution in [0, 0.1) is 5.82 Å². The van der Waals surface area contributed by atoms with Gasteiger partial charge in [0.15, 0.2) is 11.6 Å². The van der Waals surface area contributed by atoms with Crippen molar-refractivity contribution in [3.63, 3.8) is 0 Å². The monoisotopic (exact) mass is 286 g/mol. The minimum atomic E-state index is -0.797. The number of ether oxygens (including phenoxy) is 1. The summed E-state index contributed by atoms with van der Waals surface area (Å²) in [6, 6.07) is 7.83. The van der Waals surface area contributed by atoms with Crippen molar-refractivity contribution in [1.82, 2.24) is 0 Å². The Bertz CT molecular complexity index is 605. The lowest BCUT2D eigenvalue weighted by molar-refractivity contribution is 0.445. The van der Waals surface area contributed by atoms with Crippen molar-refractivity contribution in [1.29, 1.82) is 0 Å². The van der Waals surface area contributed by atoms with Crippen molar-refractivity contribution in [2.45, 2.75) is 0 Å². The van der Waals surface area contributed by atoms with Gasteiger partial charge in [0.25, 0.3) is 0 Å². The van der Waals surface area contributed by atoms with Crippen LogP contribution in [0.2, 0.25) is 10.0 Å². The molecule has 0 heterocycles. The second-order valence-electron chi connectivity index (χ2n) is 3.57. The summed E-state index contributed by atoms with van der Waals surface area (Å²) in [5, 5.41) is 0.245. The Hall–Kier alpha value is -1.65. The number of rotatable bonds is 2. The lowest BCUT2D eigenvalue weighted by Gasteiger charge is -2.12. The van der Waals surface area contributed by atoms with E-state index in [2.05, 4.69) is 0 Å². The summed E-state index contributed by atoms with van der Waals surface area (Å²) in [7, 11) is 0. The molecule has 0 aliphatic rings. The highest BCUT2D eigenvalue weighted by atomic mass is 35.5. The van der Waals surface area contributed by atoms with Crippen LogP contribution in [0.5, 0.6) is 11.5 Å². The van der Waals surface area contributed by atoms with Crippen LogP contribution >= 0.6 is 23.2 Å². The van der Waals surface area contributed by atoms with Gasteiger partial charge in [0.1, 0.15) is 10.8 Å². The first-order valence-electron chi connectivity index (χ1n) is 4.95. The first-order valence-corrected chi connectivity index (χ1v) is 5.71. The normalized spacial score (nSPS) is 10.4. The van der Waals surface area contributed by atoms with E-state index in [1.54, 1.807) is 18.2 Å². The van der Waals surface area contributed by atoms with E-state index in [-0.39, 0.29) is 22.1 Å². The smallest absolute Gasteiger partial charge is 0.188 e. The molecule has 0 radical (unpaired) electrons. The van der Waals surface area contributed by atoms with Gasteiger partial charge in [-0.3, -0.25) is 0 Å². The van der Waals surface area contributed by atoms with Crippen LogP contribution in [0.15, 0.2) is 30.3 Å². The number of halogens is 3. The first kappa shape index (κ1) is 12.8. The van der Waals surface area contributed by atoms with Gasteiger partial charge in [-0.2, -0.15) is 0 Å². The predicted molar refractivity (Wildman–Crippen MR) is 71.8 cm³/mol. The zero-order valence-corrected chi connectivity index (χ0v) is 10.6. The maximum atomic E-state index is 13.9. The zero-order chi connectivity index (χ0) is 13.3. The predicted octanol–water partition coefficient (Wildman–Crippen LogP) is 4.09. The molecule has 18 heavy (non-hydrogen) atoms. The highest BCUT2D eigenvalue weighted by Crippen LogP contribution is 2.38. The van der Waals surface area contributed by atoms with Crippen LogP contribution in [-0.2, 0) is 0 Å². The fourth-order valence-corrected chi connectivity index (χ4v) is 1.72. The highest BCUT2D eigenvalue weighted by Gasteiger charge is 2.16. The second kappa shape index (κ2) is 4.92. The molecule has 0 aliphatic carbocycles. The quantitative estimate of drug-likeness (QED) is 0.818. The minimum Gasteiger partial charge on any atom is -0.452 e. The van der Waals surface area contributed by atoms with E-state index in [0.29, 0.717) is 10.8 Å². The largest absolute Gasteiger partial charge is 0.452 e. The molecule has 0 fully saturated rings. The first-order chi connectivity index (χ1) is 8.49. The van der Waals surface area contributed by atoms with Crippen molar-refractivity contribution in [2.75, 3.05) is 11.5 Å². The molecule has 0 amide bonds. The molecular weight excluding hydrogens is 278 g/mol. The number of benzene rings is 2. The summed E-state index contributed by atoms with van der Waals surface area (Å²) >= 11 is 11.5. The molecule has 2 aromatic carbocycles. The van der Waals surface area contributed by atoms with Gasteiger partial charge in [0, 0.05) is 5.02 Å². The Morgan fingerprint density at radius 1 is 1.06 bits per heavy atom. The Morgan fingerprint density at radius 3 is 2.44 bits per heavy atom. The maximum absolute atomic E-state index is 13.9. The number of hydrogen-bond acceptors (Lipinski definition) is 3. The Morgan fingerprint density at radius 2 is 1.78 bits per heavy atom. The lowest BCUT2D eigenvalue weighted by atomic mass is 10.2. The topological polar surface area (TPSA) is 61.3 Å². The van der Waals surface area contributed by atoms with E-state index < -0.39 is 5.82 Å². The molecule has 94 valence electrons. The van der Waals surface area contributed by atoms with Gasteiger partial charge in [-0.25, -0.2) is 4.39 Å². The van der Waals surface area contributed by atoms with E-state index in [9.17, 15) is 4.39 Å². The fourth-order valence-electron chi connectivity index (χ4n) is 1.40. The number of anilines is 2. The van der Waals surface area contributed by atoms with E-state index in [0.717, 1.165) is 0 Å². The van der Waals surface area contributed by atoms with E-state index in [1.165, 1.54) is 12.1 Å². The number of nitrogen functional groups attached to an aromatic ring is 2. The van der Waals surface area contributed by atoms with Crippen molar-refractivity contribution < 1.29 is 9.13 Å². The third-order valence-corrected chi connectivity index (χ3v) is 2.85. The standard InChI is InChI=1S/C12H9Cl2FN2O/c13-6-2-1-3-7(4-6)18-12-9(17)5-8(16)10(14)11(12)15/h1-5H,16-17H2. The second-order valence-corrected chi connectivity index (χ2v) is 4.39. The highest BCUT2D eigenvalue weighted by molar-refractivity contribution is 6.33. The van der Waals surface area contributed by atoms with Gasteiger partial charge < -0.3 is 16.2 Å². The van der Waals surface area contributed by atoms with Gasteiger partial charge in [-0.05, 0) is 24.3 Å². The van der Waals surface area contributed by atoms with Crippen LogP contribution in [0.3, 0.4) is 0 Å². The van der Waals surface area contributed by atoms with E-state index in [1.807, 2.05) is 0 Å². The summed E-state index contributed by atoms with van der Waals surface area (Å²) in [6.07, 6.45) is 0. The molecule has 0 atom stereocenters. The zero-order valence-electron chi connectivity index (χ0n) is 9.08. The molecule has 0 saturated carbocycles. The van der Waals surface area contributed by atoms with Crippen LogP contribution in [0.1, 0.15) is 0 Å². The summed E-state index contributed by atoms with van der Waals surface area (Å²) in [5.74, 6) is -0.612. The van der Waals surface area contributed by atoms with Gasteiger partial charge in [0.05, 0.1) is 11.4 Å². The number of hydrogen-bond donors (Lipinski definition) is 2. The van der Waals surface area contributed by atoms with Gasteiger partial charge in [-0.1, -0.05) is 29.3 Å². The van der Waals surface area contributed by atoms with Crippen molar-refractivity contribution in [3.05, 3.63) is 46.2 Å². The average Bonchev–Trinajstić information content (AvgIpc) is 2.32.